The number of ether oxygens (including phenoxy) is 2. The molecule has 0 saturated heterocycles. The van der Waals surface area contributed by atoms with Crippen LogP contribution in [0.25, 0.3) is 0 Å². The fourth-order valence-electron chi connectivity index (χ4n) is 1.81. The van der Waals surface area contributed by atoms with E-state index >= 15 is 0 Å². The smallest absolute Gasteiger partial charge is 0.339 e. The molecule has 0 unspecified atom stereocenters. The van der Waals surface area contributed by atoms with Gasteiger partial charge in [0.1, 0.15) is 5.56 Å². The van der Waals surface area contributed by atoms with Gasteiger partial charge in [0.15, 0.2) is 11.5 Å². The maximum Gasteiger partial charge on any atom is 0.339 e. The molecule has 0 radical (unpaired) electrons. The molecule has 1 heterocycles. The summed E-state index contributed by atoms with van der Waals surface area (Å²) in [5.74, 6) is -0.372. The number of hydrogen-bond donors (Lipinski definition) is 1. The zero-order chi connectivity index (χ0) is 14.4. The van der Waals surface area contributed by atoms with Gasteiger partial charge in [-0.05, 0) is 23.8 Å². The number of hydrogen-bond acceptors (Lipinski definition) is 4. The minimum Gasteiger partial charge on any atom is -0.493 e. The Morgan fingerprint density at radius 3 is 2.80 bits per heavy atom. The molecule has 0 bridgehead atoms. The van der Waals surface area contributed by atoms with Crippen LogP contribution in [0.3, 0.4) is 0 Å². The largest absolute Gasteiger partial charge is 0.493 e. The van der Waals surface area contributed by atoms with Crippen molar-refractivity contribution in [2.75, 3.05) is 13.7 Å². The summed E-state index contributed by atoms with van der Waals surface area (Å²) in [5, 5.41) is 9.16. The van der Waals surface area contributed by atoms with Crippen molar-refractivity contribution in [1.82, 2.24) is 4.98 Å². The number of methoxy groups -OCH3 is 1. The molecule has 2 aromatic rings. The highest BCUT2D eigenvalue weighted by molar-refractivity contribution is 5.92. The Bertz CT molecular complexity index is 584. The van der Waals surface area contributed by atoms with Crippen LogP contribution in [0.2, 0.25) is 0 Å². The lowest BCUT2D eigenvalue weighted by molar-refractivity contribution is 0.0691. The minimum atomic E-state index is -1.04. The van der Waals surface area contributed by atoms with E-state index in [1.165, 1.54) is 13.2 Å². The minimum absolute atomic E-state index is 0.0931. The number of rotatable bonds is 6. The lowest BCUT2D eigenvalue weighted by atomic mass is 10.2. The number of benzene rings is 1. The van der Waals surface area contributed by atoms with Crippen LogP contribution in [0, 0.1) is 0 Å². The van der Waals surface area contributed by atoms with Gasteiger partial charge < -0.3 is 14.6 Å². The number of aromatic carboxylic acids is 1. The zero-order valence-corrected chi connectivity index (χ0v) is 11.1. The molecule has 1 N–H and O–H groups in total. The maximum absolute atomic E-state index is 11.2. The molecule has 0 aliphatic heterocycles. The van der Waals surface area contributed by atoms with Gasteiger partial charge in [0, 0.05) is 18.8 Å². The third-order valence-corrected chi connectivity index (χ3v) is 2.79. The number of carboxylic acid groups (broad SMARTS) is 1. The van der Waals surface area contributed by atoms with Crippen molar-refractivity contribution >= 4 is 5.97 Å². The molecule has 20 heavy (non-hydrogen) atoms. The number of para-hydroxylation sites is 1. The van der Waals surface area contributed by atoms with Crippen molar-refractivity contribution in [3.63, 3.8) is 0 Å². The highest BCUT2D eigenvalue weighted by Crippen LogP contribution is 2.31. The summed E-state index contributed by atoms with van der Waals surface area (Å²) >= 11 is 0. The van der Waals surface area contributed by atoms with E-state index in [0.29, 0.717) is 18.8 Å². The van der Waals surface area contributed by atoms with Gasteiger partial charge in [-0.15, -0.1) is 0 Å². The average Bonchev–Trinajstić information content (AvgIpc) is 2.48. The van der Waals surface area contributed by atoms with Crippen LogP contribution in [0.1, 0.15) is 15.9 Å². The summed E-state index contributed by atoms with van der Waals surface area (Å²) in [5.41, 5.74) is 1.12. The Labute approximate surface area is 116 Å². The molecule has 1 aromatic heterocycles. The molecule has 0 amide bonds. The monoisotopic (exact) mass is 273 g/mol. The average molecular weight is 273 g/mol. The normalized spacial score (nSPS) is 10.1. The van der Waals surface area contributed by atoms with Crippen molar-refractivity contribution in [3.8, 4) is 11.5 Å². The Hall–Kier alpha value is -2.56. The second kappa shape index (κ2) is 6.56. The highest BCUT2D eigenvalue weighted by atomic mass is 16.5. The van der Waals surface area contributed by atoms with E-state index in [0.717, 1.165) is 5.56 Å². The molecule has 5 heteroatoms. The Kier molecular flexibility index (Phi) is 4.55. The Morgan fingerprint density at radius 1 is 1.30 bits per heavy atom. The van der Waals surface area contributed by atoms with Crippen LogP contribution in [-0.2, 0) is 6.42 Å². The second-order valence-corrected chi connectivity index (χ2v) is 4.10. The molecular weight excluding hydrogens is 258 g/mol. The second-order valence-electron chi connectivity index (χ2n) is 4.10. The molecule has 5 nitrogen and oxygen atoms in total. The first-order valence-corrected chi connectivity index (χ1v) is 6.14. The van der Waals surface area contributed by atoms with Gasteiger partial charge in [-0.25, -0.2) is 4.79 Å². The lowest BCUT2D eigenvalue weighted by Gasteiger charge is -2.12. The summed E-state index contributed by atoms with van der Waals surface area (Å²) in [4.78, 5) is 15.2. The SMILES string of the molecule is COc1cccc(C(=O)O)c1OCCc1cccnc1. The number of carbonyl (C=O) groups is 1. The summed E-state index contributed by atoms with van der Waals surface area (Å²) in [6.07, 6.45) is 4.10. The van der Waals surface area contributed by atoms with Crippen LogP contribution in [-0.4, -0.2) is 29.8 Å². The van der Waals surface area contributed by atoms with Crippen LogP contribution in [0.5, 0.6) is 11.5 Å². The molecule has 2 rings (SSSR count). The predicted molar refractivity (Wildman–Crippen MR) is 73.4 cm³/mol. The quantitative estimate of drug-likeness (QED) is 0.875. The number of aromatic nitrogens is 1. The molecule has 0 spiro atoms. The molecule has 104 valence electrons. The summed E-state index contributed by atoms with van der Waals surface area (Å²) < 4.78 is 10.7. The first kappa shape index (κ1) is 13.9. The van der Waals surface area contributed by atoms with Crippen molar-refractivity contribution in [2.45, 2.75) is 6.42 Å². The van der Waals surface area contributed by atoms with E-state index < -0.39 is 5.97 Å². The lowest BCUT2D eigenvalue weighted by Crippen LogP contribution is -2.08. The topological polar surface area (TPSA) is 68.7 Å². The molecular formula is C15H15NO4. The van der Waals surface area contributed by atoms with Gasteiger partial charge in [-0.3, -0.25) is 4.98 Å². The van der Waals surface area contributed by atoms with Gasteiger partial charge >= 0.3 is 5.97 Å². The van der Waals surface area contributed by atoms with Gasteiger partial charge in [-0.1, -0.05) is 12.1 Å². The van der Waals surface area contributed by atoms with Gasteiger partial charge in [0.05, 0.1) is 13.7 Å². The third-order valence-electron chi connectivity index (χ3n) is 2.79. The van der Waals surface area contributed by atoms with Gasteiger partial charge in [-0.2, -0.15) is 0 Å². The van der Waals surface area contributed by atoms with E-state index in [4.69, 9.17) is 14.6 Å². The first-order chi connectivity index (χ1) is 9.72. The van der Waals surface area contributed by atoms with Crippen LogP contribution < -0.4 is 9.47 Å². The van der Waals surface area contributed by atoms with Gasteiger partial charge in [0.25, 0.3) is 0 Å². The van der Waals surface area contributed by atoms with Gasteiger partial charge in [0.2, 0.25) is 0 Å². The first-order valence-electron chi connectivity index (χ1n) is 6.14. The van der Waals surface area contributed by atoms with E-state index in [2.05, 4.69) is 4.98 Å². The van der Waals surface area contributed by atoms with Crippen LogP contribution >= 0.6 is 0 Å². The van der Waals surface area contributed by atoms with E-state index in [9.17, 15) is 4.79 Å². The number of pyridine rings is 1. The molecule has 0 fully saturated rings. The van der Waals surface area contributed by atoms with Crippen molar-refractivity contribution in [3.05, 3.63) is 53.9 Å². The number of nitrogens with zero attached hydrogens (tertiary/aromatic N) is 1. The molecule has 0 atom stereocenters. The predicted octanol–water partition coefficient (Wildman–Crippen LogP) is 2.41. The zero-order valence-electron chi connectivity index (χ0n) is 11.1. The fraction of sp³-hybridized carbons (Fsp3) is 0.200. The summed E-state index contributed by atoms with van der Waals surface area (Å²) in [7, 11) is 1.48. The molecule has 0 saturated carbocycles. The highest BCUT2D eigenvalue weighted by Gasteiger charge is 2.15. The Morgan fingerprint density at radius 2 is 2.15 bits per heavy atom. The van der Waals surface area contributed by atoms with Crippen LogP contribution in [0.4, 0.5) is 0 Å². The van der Waals surface area contributed by atoms with E-state index in [1.54, 1.807) is 24.5 Å². The van der Waals surface area contributed by atoms with Crippen molar-refractivity contribution < 1.29 is 19.4 Å². The maximum atomic E-state index is 11.2. The van der Waals surface area contributed by atoms with Crippen LogP contribution in [0.15, 0.2) is 42.7 Å². The summed E-state index contributed by atoms with van der Waals surface area (Å²) in [6.45, 7) is 0.354. The molecule has 0 aliphatic carbocycles. The standard InChI is InChI=1S/C15H15NO4/c1-19-13-6-2-5-12(15(17)18)14(13)20-9-7-11-4-3-8-16-10-11/h2-6,8,10H,7,9H2,1H3,(H,17,18). The summed E-state index contributed by atoms with van der Waals surface area (Å²) in [6, 6.07) is 8.57. The third kappa shape index (κ3) is 3.26. The number of carboxylic acids is 1. The molecule has 0 aliphatic rings. The Balaban J connectivity index is 2.10. The fourth-order valence-corrected chi connectivity index (χ4v) is 1.81. The van der Waals surface area contributed by atoms with E-state index in [1.807, 2.05) is 12.1 Å². The molecule has 1 aromatic carbocycles. The van der Waals surface area contributed by atoms with Crippen molar-refractivity contribution in [1.29, 1.82) is 0 Å². The van der Waals surface area contributed by atoms with E-state index in [-0.39, 0.29) is 11.3 Å². The van der Waals surface area contributed by atoms with Crippen molar-refractivity contribution in [2.24, 2.45) is 0 Å².